The summed E-state index contributed by atoms with van der Waals surface area (Å²) in [5.74, 6) is 0.469. The Kier molecular flexibility index (Phi) is 4.16. The van der Waals surface area contributed by atoms with Gasteiger partial charge in [0.25, 0.3) is 0 Å². The molecule has 1 saturated heterocycles. The average Bonchev–Trinajstić information content (AvgIpc) is 2.82. The summed E-state index contributed by atoms with van der Waals surface area (Å²) in [5.41, 5.74) is 7.74. The number of benzene rings is 1. The number of nitrogens with zero attached hydrogens (tertiary/aromatic N) is 1. The molecule has 0 spiro atoms. The Morgan fingerprint density at radius 3 is 2.73 bits per heavy atom. The molecule has 2 heterocycles. The van der Waals surface area contributed by atoms with Crippen LogP contribution in [-0.4, -0.2) is 35.8 Å². The van der Waals surface area contributed by atoms with Crippen LogP contribution in [0.5, 0.6) is 0 Å². The maximum atomic E-state index is 12.3. The van der Waals surface area contributed by atoms with Crippen LogP contribution in [0, 0.1) is 5.92 Å². The Labute approximate surface area is 130 Å². The highest BCUT2D eigenvalue weighted by Gasteiger charge is 2.38. The van der Waals surface area contributed by atoms with Crippen LogP contribution in [0.4, 0.5) is 5.69 Å². The first kappa shape index (κ1) is 15.0. The minimum Gasteiger partial charge on any atom is -0.343 e. The van der Waals surface area contributed by atoms with Crippen molar-refractivity contribution in [2.24, 2.45) is 11.7 Å². The van der Waals surface area contributed by atoms with Crippen molar-refractivity contribution in [2.45, 2.75) is 38.1 Å². The van der Waals surface area contributed by atoms with Gasteiger partial charge in [-0.05, 0) is 37.3 Å². The molecule has 2 atom stereocenters. The van der Waals surface area contributed by atoms with E-state index in [1.54, 1.807) is 0 Å². The van der Waals surface area contributed by atoms with Crippen molar-refractivity contribution in [2.75, 3.05) is 18.4 Å². The smallest absolute Gasteiger partial charge is 0.232 e. The minimum absolute atomic E-state index is 0.0677. The second-order valence-electron chi connectivity index (χ2n) is 6.45. The van der Waals surface area contributed by atoms with Crippen molar-refractivity contribution in [1.29, 1.82) is 0 Å². The maximum Gasteiger partial charge on any atom is 0.232 e. The van der Waals surface area contributed by atoms with Crippen LogP contribution in [0.2, 0.25) is 0 Å². The summed E-state index contributed by atoms with van der Waals surface area (Å²) in [4.78, 5) is 26.2. The van der Waals surface area contributed by atoms with Crippen LogP contribution in [0.15, 0.2) is 24.3 Å². The highest BCUT2D eigenvalue weighted by atomic mass is 16.2. The number of carbonyl (C=O) groups excluding carboxylic acids is 2. The Hall–Kier alpha value is -1.88. The van der Waals surface area contributed by atoms with Gasteiger partial charge in [-0.2, -0.15) is 0 Å². The Balaban J connectivity index is 1.65. The quantitative estimate of drug-likeness (QED) is 0.892. The number of amides is 2. The van der Waals surface area contributed by atoms with E-state index in [0.717, 1.165) is 37.2 Å². The molecule has 0 radical (unpaired) electrons. The van der Waals surface area contributed by atoms with Gasteiger partial charge in [-0.25, -0.2) is 0 Å². The number of hydrogen-bond donors (Lipinski definition) is 2. The van der Waals surface area contributed by atoms with Gasteiger partial charge in [0, 0.05) is 31.2 Å². The monoisotopic (exact) mass is 301 g/mol. The molecule has 0 aliphatic carbocycles. The first-order valence-corrected chi connectivity index (χ1v) is 7.99. The van der Waals surface area contributed by atoms with Crippen molar-refractivity contribution >= 4 is 17.5 Å². The van der Waals surface area contributed by atoms with Gasteiger partial charge in [-0.1, -0.05) is 18.2 Å². The predicted molar refractivity (Wildman–Crippen MR) is 85.4 cm³/mol. The predicted octanol–water partition coefficient (Wildman–Crippen LogP) is 1.70. The number of nitrogens with two attached hydrogens (primary N) is 1. The van der Waals surface area contributed by atoms with Crippen LogP contribution >= 0.6 is 0 Å². The summed E-state index contributed by atoms with van der Waals surface area (Å²) in [6.45, 7) is 3.30. The lowest BCUT2D eigenvalue weighted by Crippen LogP contribution is -2.42. The highest BCUT2D eigenvalue weighted by molar-refractivity contribution is 6.03. The van der Waals surface area contributed by atoms with E-state index in [0.29, 0.717) is 12.3 Å². The topological polar surface area (TPSA) is 75.4 Å². The van der Waals surface area contributed by atoms with Gasteiger partial charge in [0.2, 0.25) is 11.8 Å². The molecular weight excluding hydrogens is 278 g/mol. The largest absolute Gasteiger partial charge is 0.343 e. The molecule has 3 N–H and O–H groups in total. The second-order valence-corrected chi connectivity index (χ2v) is 6.45. The normalized spacial score (nSPS) is 23.1. The zero-order valence-corrected chi connectivity index (χ0v) is 12.9. The highest BCUT2D eigenvalue weighted by Crippen LogP contribution is 2.41. The van der Waals surface area contributed by atoms with Gasteiger partial charge in [-0.3, -0.25) is 9.59 Å². The molecular formula is C17H23N3O2. The standard InChI is InChI=1S/C17H23N3O2/c1-11(18)10-15(21)20-8-6-12(7-9-20)16-13-4-2-3-5-14(13)19-17(16)22/h2-5,11-12,16H,6-10,18H2,1H3,(H,19,22). The molecule has 2 aliphatic rings. The molecule has 22 heavy (non-hydrogen) atoms. The third-order valence-corrected chi connectivity index (χ3v) is 4.70. The average molecular weight is 301 g/mol. The van der Waals surface area contributed by atoms with Crippen molar-refractivity contribution < 1.29 is 9.59 Å². The van der Waals surface area contributed by atoms with Crippen LogP contribution < -0.4 is 11.1 Å². The van der Waals surface area contributed by atoms with Crippen LogP contribution in [-0.2, 0) is 9.59 Å². The lowest BCUT2D eigenvalue weighted by atomic mass is 9.80. The van der Waals surface area contributed by atoms with Gasteiger partial charge < -0.3 is 16.0 Å². The fourth-order valence-electron chi connectivity index (χ4n) is 3.59. The van der Waals surface area contributed by atoms with Gasteiger partial charge in [0.15, 0.2) is 0 Å². The molecule has 0 saturated carbocycles. The number of likely N-dealkylation sites (tertiary alicyclic amines) is 1. The number of rotatable bonds is 3. The Morgan fingerprint density at radius 2 is 2.05 bits per heavy atom. The first-order valence-electron chi connectivity index (χ1n) is 7.99. The van der Waals surface area contributed by atoms with E-state index >= 15 is 0 Å². The lowest BCUT2D eigenvalue weighted by Gasteiger charge is -2.34. The van der Waals surface area contributed by atoms with Crippen LogP contribution in [0.1, 0.15) is 37.7 Å². The fourth-order valence-corrected chi connectivity index (χ4v) is 3.59. The Bertz CT molecular complexity index is 577. The summed E-state index contributed by atoms with van der Waals surface area (Å²) in [6, 6.07) is 7.81. The lowest BCUT2D eigenvalue weighted by molar-refractivity contribution is -0.133. The van der Waals surface area contributed by atoms with Gasteiger partial charge >= 0.3 is 0 Å². The van der Waals surface area contributed by atoms with E-state index in [1.165, 1.54) is 0 Å². The molecule has 118 valence electrons. The van der Waals surface area contributed by atoms with E-state index in [2.05, 4.69) is 5.32 Å². The molecule has 0 aromatic heterocycles. The number of nitrogens with one attached hydrogen (secondary N) is 1. The van der Waals surface area contributed by atoms with E-state index in [1.807, 2.05) is 36.1 Å². The third kappa shape index (κ3) is 2.86. The number of piperidine rings is 1. The van der Waals surface area contributed by atoms with E-state index in [4.69, 9.17) is 5.73 Å². The minimum atomic E-state index is -0.0993. The molecule has 2 amide bonds. The summed E-state index contributed by atoms with van der Waals surface area (Å²) < 4.78 is 0. The van der Waals surface area contributed by atoms with Crippen LogP contribution in [0.3, 0.4) is 0 Å². The van der Waals surface area contributed by atoms with E-state index in [9.17, 15) is 9.59 Å². The fraction of sp³-hybridized carbons (Fsp3) is 0.529. The molecule has 5 heteroatoms. The van der Waals surface area contributed by atoms with Gasteiger partial charge in [0.05, 0.1) is 5.92 Å². The summed E-state index contributed by atoms with van der Waals surface area (Å²) in [7, 11) is 0. The third-order valence-electron chi connectivity index (χ3n) is 4.70. The van der Waals surface area contributed by atoms with E-state index in [-0.39, 0.29) is 23.8 Å². The molecule has 1 aromatic rings. The number of fused-ring (bicyclic) bond motifs is 1. The molecule has 2 aliphatic heterocycles. The molecule has 1 fully saturated rings. The number of anilines is 1. The zero-order chi connectivity index (χ0) is 15.7. The summed E-state index contributed by atoms with van der Waals surface area (Å²) in [5, 5.41) is 2.97. The second kappa shape index (κ2) is 6.08. The molecule has 1 aromatic carbocycles. The Morgan fingerprint density at radius 1 is 1.36 bits per heavy atom. The molecule has 3 rings (SSSR count). The van der Waals surface area contributed by atoms with E-state index < -0.39 is 0 Å². The SMILES string of the molecule is CC(N)CC(=O)N1CCC(C2C(=O)Nc3ccccc32)CC1. The van der Waals surface area contributed by atoms with Crippen molar-refractivity contribution in [3.8, 4) is 0 Å². The van der Waals surface area contributed by atoms with Crippen molar-refractivity contribution in [3.05, 3.63) is 29.8 Å². The van der Waals surface area contributed by atoms with Gasteiger partial charge in [-0.15, -0.1) is 0 Å². The number of carbonyl (C=O) groups is 2. The maximum absolute atomic E-state index is 12.3. The van der Waals surface area contributed by atoms with Crippen LogP contribution in [0.25, 0.3) is 0 Å². The summed E-state index contributed by atoms with van der Waals surface area (Å²) in [6.07, 6.45) is 2.14. The summed E-state index contributed by atoms with van der Waals surface area (Å²) >= 11 is 0. The zero-order valence-electron chi connectivity index (χ0n) is 12.9. The molecule has 5 nitrogen and oxygen atoms in total. The van der Waals surface area contributed by atoms with Crippen molar-refractivity contribution in [3.63, 3.8) is 0 Å². The molecule has 0 bridgehead atoms. The van der Waals surface area contributed by atoms with Gasteiger partial charge in [0.1, 0.15) is 0 Å². The first-order chi connectivity index (χ1) is 10.6. The number of hydrogen-bond acceptors (Lipinski definition) is 3. The number of para-hydroxylation sites is 1. The molecule has 2 unspecified atom stereocenters. The van der Waals surface area contributed by atoms with Crippen molar-refractivity contribution in [1.82, 2.24) is 4.90 Å².